The van der Waals surface area contributed by atoms with Crippen LogP contribution in [0, 0.1) is 17.8 Å². The van der Waals surface area contributed by atoms with Gasteiger partial charge in [-0.3, -0.25) is 4.98 Å². The van der Waals surface area contributed by atoms with Gasteiger partial charge in [0.15, 0.2) is 0 Å². The minimum absolute atomic E-state index is 0.746. The smallest absolute Gasteiger partial charge is 0.0270 e. The summed E-state index contributed by atoms with van der Waals surface area (Å²) >= 11 is 0. The molecule has 2 bridgehead atoms. The molecule has 124 valence electrons. The van der Waals surface area contributed by atoms with Gasteiger partial charge in [0.2, 0.25) is 0 Å². The third kappa shape index (κ3) is 3.84. The number of rotatable bonds is 6. The summed E-state index contributed by atoms with van der Waals surface area (Å²) in [6, 6.07) is 5.02. The van der Waals surface area contributed by atoms with Gasteiger partial charge in [-0.25, -0.2) is 0 Å². The number of aromatic nitrogens is 1. The number of hydrogen-bond donors (Lipinski definition) is 1. The number of hydrogen-bond acceptors (Lipinski definition) is 3. The van der Waals surface area contributed by atoms with Gasteiger partial charge in [-0.15, -0.1) is 0 Å². The van der Waals surface area contributed by atoms with E-state index in [1.165, 1.54) is 57.4 Å². The summed E-state index contributed by atoms with van der Waals surface area (Å²) in [5, 5.41) is 3.87. The number of piperidine rings is 1. The highest BCUT2D eigenvalue weighted by Gasteiger charge is 2.35. The second-order valence-corrected chi connectivity index (χ2v) is 7.67. The first-order valence-electron chi connectivity index (χ1n) is 9.40. The van der Waals surface area contributed by atoms with Gasteiger partial charge in [-0.05, 0) is 87.2 Å². The standard InChI is InChI=1S/C20H29N3/c1-2-18-13-17(1)14-19(18)15-22-20-6-11-23(12-7-20)10-5-16-3-8-21-9-4-16/h1-4,8-9,17-20,22H,5-7,10-15H2/t17-,18-,19+/m0/s1. The van der Waals surface area contributed by atoms with Crippen molar-refractivity contribution in [1.29, 1.82) is 0 Å². The predicted octanol–water partition coefficient (Wildman–Crippen LogP) is 2.89. The Labute approximate surface area is 140 Å². The summed E-state index contributed by atoms with van der Waals surface area (Å²) in [7, 11) is 0. The average molecular weight is 311 g/mol. The van der Waals surface area contributed by atoms with Gasteiger partial charge in [-0.1, -0.05) is 12.2 Å². The van der Waals surface area contributed by atoms with Crippen LogP contribution >= 0.6 is 0 Å². The molecule has 0 aromatic carbocycles. The van der Waals surface area contributed by atoms with Crippen LogP contribution in [0.15, 0.2) is 36.7 Å². The second kappa shape index (κ2) is 7.14. The Morgan fingerprint density at radius 2 is 1.91 bits per heavy atom. The Kier molecular flexibility index (Phi) is 4.77. The largest absolute Gasteiger partial charge is 0.314 e. The van der Waals surface area contributed by atoms with Gasteiger partial charge in [0.05, 0.1) is 0 Å². The Bertz CT molecular complexity index is 519. The maximum Gasteiger partial charge on any atom is 0.0270 e. The van der Waals surface area contributed by atoms with Crippen molar-refractivity contribution in [2.24, 2.45) is 17.8 Å². The van der Waals surface area contributed by atoms with E-state index >= 15 is 0 Å². The van der Waals surface area contributed by atoms with Crippen molar-refractivity contribution in [2.75, 3.05) is 26.2 Å². The fourth-order valence-corrected chi connectivity index (χ4v) is 4.64. The number of fused-ring (bicyclic) bond motifs is 2. The number of pyridine rings is 1. The molecule has 1 aliphatic heterocycles. The normalized spacial score (nSPS) is 31.0. The van der Waals surface area contributed by atoms with Gasteiger partial charge in [-0.2, -0.15) is 0 Å². The molecule has 0 amide bonds. The summed E-state index contributed by atoms with van der Waals surface area (Å²) in [4.78, 5) is 6.72. The van der Waals surface area contributed by atoms with E-state index in [0.29, 0.717) is 0 Å². The van der Waals surface area contributed by atoms with Gasteiger partial charge in [0, 0.05) is 25.0 Å². The molecule has 0 unspecified atom stereocenters. The highest BCUT2D eigenvalue weighted by atomic mass is 15.1. The molecule has 1 aromatic rings. The van der Waals surface area contributed by atoms with Crippen LogP contribution in [-0.2, 0) is 6.42 Å². The highest BCUT2D eigenvalue weighted by Crippen LogP contribution is 2.43. The zero-order chi connectivity index (χ0) is 15.5. The minimum atomic E-state index is 0.746. The van der Waals surface area contributed by atoms with Crippen molar-refractivity contribution in [2.45, 2.75) is 38.1 Å². The van der Waals surface area contributed by atoms with Crippen molar-refractivity contribution >= 4 is 0 Å². The molecule has 0 radical (unpaired) electrons. The first kappa shape index (κ1) is 15.3. The van der Waals surface area contributed by atoms with E-state index in [-0.39, 0.29) is 0 Å². The summed E-state index contributed by atoms with van der Waals surface area (Å²) in [5.74, 6) is 2.70. The number of nitrogens with zero attached hydrogens (tertiary/aromatic N) is 2. The lowest BCUT2D eigenvalue weighted by Gasteiger charge is -2.33. The van der Waals surface area contributed by atoms with Gasteiger partial charge in [0.25, 0.3) is 0 Å². The molecule has 1 saturated heterocycles. The summed E-state index contributed by atoms with van der Waals surface area (Å²) in [6.45, 7) is 4.93. The molecule has 1 N–H and O–H groups in total. The fraction of sp³-hybridized carbons (Fsp3) is 0.650. The molecule has 0 spiro atoms. The number of likely N-dealkylation sites (tertiary alicyclic amines) is 1. The lowest BCUT2D eigenvalue weighted by molar-refractivity contribution is 0.195. The summed E-state index contributed by atoms with van der Waals surface area (Å²) in [6.07, 6.45) is 15.4. The monoisotopic (exact) mass is 311 g/mol. The van der Waals surface area contributed by atoms with Crippen LogP contribution in [0.1, 0.15) is 31.2 Å². The average Bonchev–Trinajstić information content (AvgIpc) is 3.23. The van der Waals surface area contributed by atoms with E-state index in [1.54, 1.807) is 0 Å². The molecule has 3 heteroatoms. The Balaban J connectivity index is 1.14. The highest BCUT2D eigenvalue weighted by molar-refractivity contribution is 5.11. The van der Waals surface area contributed by atoms with Crippen molar-refractivity contribution in [3.63, 3.8) is 0 Å². The van der Waals surface area contributed by atoms with Crippen LogP contribution in [0.3, 0.4) is 0 Å². The third-order valence-corrected chi connectivity index (χ3v) is 6.14. The maximum absolute atomic E-state index is 4.09. The van der Waals surface area contributed by atoms with E-state index in [4.69, 9.17) is 0 Å². The molecular formula is C20H29N3. The number of allylic oxidation sites excluding steroid dienone is 2. The van der Waals surface area contributed by atoms with Crippen molar-refractivity contribution in [3.05, 3.63) is 42.2 Å². The van der Waals surface area contributed by atoms with Crippen LogP contribution in [-0.4, -0.2) is 42.1 Å². The zero-order valence-electron chi connectivity index (χ0n) is 14.0. The molecule has 2 fully saturated rings. The van der Waals surface area contributed by atoms with E-state index in [2.05, 4.69) is 39.5 Å². The zero-order valence-corrected chi connectivity index (χ0v) is 14.0. The Hall–Kier alpha value is -1.19. The topological polar surface area (TPSA) is 28.2 Å². The van der Waals surface area contributed by atoms with E-state index in [9.17, 15) is 0 Å². The van der Waals surface area contributed by atoms with Gasteiger partial charge >= 0.3 is 0 Å². The van der Waals surface area contributed by atoms with E-state index in [1.807, 2.05) is 12.4 Å². The molecular weight excluding hydrogens is 282 g/mol. The quantitative estimate of drug-likeness (QED) is 0.819. The van der Waals surface area contributed by atoms with Crippen LogP contribution < -0.4 is 5.32 Å². The molecule has 2 heterocycles. The van der Waals surface area contributed by atoms with Crippen LogP contribution in [0.2, 0.25) is 0 Å². The molecule has 4 rings (SSSR count). The summed E-state index contributed by atoms with van der Waals surface area (Å²) < 4.78 is 0. The summed E-state index contributed by atoms with van der Waals surface area (Å²) in [5.41, 5.74) is 1.41. The minimum Gasteiger partial charge on any atom is -0.314 e. The SMILES string of the molecule is C1=C[C@H]2C[C@H]1C[C@@H]2CNC1CCN(CCc2ccncc2)CC1. The molecule has 3 aliphatic rings. The molecule has 23 heavy (non-hydrogen) atoms. The lowest BCUT2D eigenvalue weighted by Crippen LogP contribution is -2.44. The molecule has 1 saturated carbocycles. The first-order valence-corrected chi connectivity index (χ1v) is 9.40. The lowest BCUT2D eigenvalue weighted by atomic mass is 9.93. The second-order valence-electron chi connectivity index (χ2n) is 7.67. The molecule has 2 aliphatic carbocycles. The maximum atomic E-state index is 4.09. The van der Waals surface area contributed by atoms with Crippen LogP contribution in [0.4, 0.5) is 0 Å². The van der Waals surface area contributed by atoms with Crippen molar-refractivity contribution < 1.29 is 0 Å². The predicted molar refractivity (Wildman–Crippen MR) is 94.2 cm³/mol. The first-order chi connectivity index (χ1) is 11.4. The fourth-order valence-electron chi connectivity index (χ4n) is 4.64. The van der Waals surface area contributed by atoms with Gasteiger partial charge in [0.1, 0.15) is 0 Å². The Morgan fingerprint density at radius 1 is 1.09 bits per heavy atom. The Morgan fingerprint density at radius 3 is 2.61 bits per heavy atom. The van der Waals surface area contributed by atoms with Crippen molar-refractivity contribution in [3.8, 4) is 0 Å². The van der Waals surface area contributed by atoms with Crippen LogP contribution in [0.5, 0.6) is 0 Å². The van der Waals surface area contributed by atoms with E-state index < -0.39 is 0 Å². The molecule has 3 nitrogen and oxygen atoms in total. The third-order valence-electron chi connectivity index (χ3n) is 6.14. The molecule has 1 aromatic heterocycles. The van der Waals surface area contributed by atoms with Crippen LogP contribution in [0.25, 0.3) is 0 Å². The van der Waals surface area contributed by atoms with Crippen molar-refractivity contribution in [1.82, 2.24) is 15.2 Å². The van der Waals surface area contributed by atoms with E-state index in [0.717, 1.165) is 30.2 Å². The number of nitrogens with one attached hydrogen (secondary N) is 1. The van der Waals surface area contributed by atoms with Gasteiger partial charge < -0.3 is 10.2 Å². The molecule has 3 atom stereocenters.